The fourth-order valence-electron chi connectivity index (χ4n) is 4.82. The van der Waals surface area contributed by atoms with Crippen molar-refractivity contribution in [2.75, 3.05) is 13.2 Å². The van der Waals surface area contributed by atoms with Crippen LogP contribution in [0.5, 0.6) is 0 Å². The summed E-state index contributed by atoms with van der Waals surface area (Å²) in [5, 5.41) is 0. The Kier molecular flexibility index (Phi) is 4.68. The lowest BCUT2D eigenvalue weighted by molar-refractivity contribution is -0.170. The standard InChI is InChI=1S/C23H26O4/c1-15-12-16(2)23(14-27-22(24)18-8-5-4-6-9-18)13-26-21(20(15)17(23)3)19-10-7-11-25-19/h4-12,16-17,20-21H,13-14H2,1-3H3/t16-,17+,20-,21-,23-/m0/s1. The van der Waals surface area contributed by atoms with E-state index >= 15 is 0 Å². The zero-order chi connectivity index (χ0) is 19.0. The fraction of sp³-hybridized carbons (Fsp3) is 0.435. The number of rotatable bonds is 4. The monoisotopic (exact) mass is 366 g/mol. The van der Waals surface area contributed by atoms with E-state index in [-0.39, 0.29) is 29.3 Å². The Morgan fingerprint density at radius 1 is 1.19 bits per heavy atom. The predicted octanol–water partition coefficient (Wildman–Crippen LogP) is 5.04. The highest BCUT2D eigenvalue weighted by atomic mass is 16.5. The Bertz CT molecular complexity index is 823. The van der Waals surface area contributed by atoms with Crippen LogP contribution in [-0.2, 0) is 9.47 Å². The van der Waals surface area contributed by atoms with Gasteiger partial charge in [0.25, 0.3) is 0 Å². The van der Waals surface area contributed by atoms with E-state index in [1.165, 1.54) is 5.57 Å². The van der Waals surface area contributed by atoms with Crippen LogP contribution >= 0.6 is 0 Å². The molecule has 0 spiro atoms. The Morgan fingerprint density at radius 2 is 1.96 bits per heavy atom. The zero-order valence-electron chi connectivity index (χ0n) is 16.1. The topological polar surface area (TPSA) is 48.7 Å². The van der Waals surface area contributed by atoms with E-state index in [4.69, 9.17) is 13.9 Å². The van der Waals surface area contributed by atoms with E-state index in [9.17, 15) is 4.79 Å². The van der Waals surface area contributed by atoms with Gasteiger partial charge in [0, 0.05) is 11.3 Å². The van der Waals surface area contributed by atoms with Crippen LogP contribution in [0, 0.1) is 23.2 Å². The van der Waals surface area contributed by atoms with Crippen molar-refractivity contribution in [1.82, 2.24) is 0 Å². The fourth-order valence-corrected chi connectivity index (χ4v) is 4.82. The lowest BCUT2D eigenvalue weighted by atomic mass is 9.56. The maximum absolute atomic E-state index is 12.5. The molecule has 2 heterocycles. The first kappa shape index (κ1) is 18.1. The highest BCUT2D eigenvalue weighted by molar-refractivity contribution is 5.89. The lowest BCUT2D eigenvalue weighted by Gasteiger charge is -2.54. The van der Waals surface area contributed by atoms with Crippen LogP contribution in [0.3, 0.4) is 0 Å². The first-order valence-electron chi connectivity index (χ1n) is 9.58. The number of carbonyl (C=O) groups excluding carboxylic acids is 1. The van der Waals surface area contributed by atoms with Crippen LogP contribution in [0.15, 0.2) is 64.8 Å². The Hall–Kier alpha value is -2.33. The quantitative estimate of drug-likeness (QED) is 0.562. The molecule has 0 radical (unpaired) electrons. The third kappa shape index (κ3) is 3.02. The van der Waals surface area contributed by atoms with Crippen molar-refractivity contribution in [3.63, 3.8) is 0 Å². The third-order valence-corrected chi connectivity index (χ3v) is 6.55. The number of fused-ring (bicyclic) bond motifs is 2. The summed E-state index contributed by atoms with van der Waals surface area (Å²) >= 11 is 0. The average molecular weight is 366 g/mol. The molecule has 1 aromatic carbocycles. The van der Waals surface area contributed by atoms with Crippen molar-refractivity contribution in [1.29, 1.82) is 0 Å². The second-order valence-electron chi connectivity index (χ2n) is 7.94. The summed E-state index contributed by atoms with van der Waals surface area (Å²) in [6.45, 7) is 7.52. The molecule has 0 unspecified atom stereocenters. The summed E-state index contributed by atoms with van der Waals surface area (Å²) in [7, 11) is 0. The first-order chi connectivity index (χ1) is 13.0. The van der Waals surface area contributed by atoms with Gasteiger partial charge in [-0.25, -0.2) is 4.79 Å². The van der Waals surface area contributed by atoms with Gasteiger partial charge in [-0.1, -0.05) is 43.7 Å². The van der Waals surface area contributed by atoms with E-state index in [0.717, 1.165) is 5.76 Å². The number of benzene rings is 1. The molecule has 4 rings (SSSR count). The molecule has 1 aliphatic carbocycles. The van der Waals surface area contributed by atoms with Crippen molar-refractivity contribution < 1.29 is 18.7 Å². The van der Waals surface area contributed by atoms with Crippen LogP contribution in [0.25, 0.3) is 0 Å². The number of esters is 1. The summed E-state index contributed by atoms with van der Waals surface area (Å²) in [6.07, 6.45) is 3.92. The van der Waals surface area contributed by atoms with Crippen molar-refractivity contribution in [2.24, 2.45) is 23.2 Å². The van der Waals surface area contributed by atoms with E-state index in [2.05, 4.69) is 26.8 Å². The van der Waals surface area contributed by atoms with Crippen molar-refractivity contribution >= 4 is 5.97 Å². The average Bonchev–Trinajstić information content (AvgIpc) is 3.20. The summed E-state index contributed by atoms with van der Waals surface area (Å²) in [4.78, 5) is 12.5. The number of carbonyl (C=O) groups is 1. The Balaban J connectivity index is 1.58. The van der Waals surface area contributed by atoms with E-state index in [1.807, 2.05) is 30.3 Å². The smallest absolute Gasteiger partial charge is 0.338 e. The highest BCUT2D eigenvalue weighted by Gasteiger charge is 2.55. The molecule has 2 aliphatic rings. The normalized spacial score (nSPS) is 32.6. The van der Waals surface area contributed by atoms with Crippen molar-refractivity contribution in [3.05, 3.63) is 71.7 Å². The molecule has 1 fully saturated rings. The molecule has 1 aromatic heterocycles. The van der Waals surface area contributed by atoms with Crippen LogP contribution < -0.4 is 0 Å². The number of allylic oxidation sites excluding steroid dienone is 1. The SMILES string of the molecule is CC1=C[C@H](C)[C@@]2(COC(=O)c3ccccc3)CO[C@@H](c3ccco3)[C@@H]1[C@H]2C. The minimum absolute atomic E-state index is 0.0864. The minimum Gasteiger partial charge on any atom is -0.467 e. The van der Waals surface area contributed by atoms with E-state index < -0.39 is 0 Å². The third-order valence-electron chi connectivity index (χ3n) is 6.55. The second-order valence-corrected chi connectivity index (χ2v) is 7.94. The second kappa shape index (κ2) is 7.01. The zero-order valence-corrected chi connectivity index (χ0v) is 16.1. The van der Waals surface area contributed by atoms with Gasteiger partial charge in [0.2, 0.25) is 0 Å². The molecule has 0 N–H and O–H groups in total. The van der Waals surface area contributed by atoms with Gasteiger partial charge >= 0.3 is 5.97 Å². The maximum Gasteiger partial charge on any atom is 0.338 e. The summed E-state index contributed by atoms with van der Waals surface area (Å²) < 4.78 is 17.7. The van der Waals surface area contributed by atoms with E-state index in [1.54, 1.807) is 18.4 Å². The number of hydrogen-bond acceptors (Lipinski definition) is 4. The van der Waals surface area contributed by atoms with Gasteiger partial charge in [0.15, 0.2) is 0 Å². The largest absolute Gasteiger partial charge is 0.467 e. The molecule has 142 valence electrons. The minimum atomic E-state index is -0.277. The lowest BCUT2D eigenvalue weighted by Crippen LogP contribution is -2.54. The number of hydrogen-bond donors (Lipinski definition) is 0. The van der Waals surface area contributed by atoms with E-state index in [0.29, 0.717) is 24.7 Å². The molecule has 1 aliphatic heterocycles. The molecule has 2 aromatic rings. The molecule has 0 amide bonds. The molecular formula is C23H26O4. The van der Waals surface area contributed by atoms with Gasteiger partial charge in [-0.3, -0.25) is 0 Å². The molecule has 2 bridgehead atoms. The van der Waals surface area contributed by atoms with Crippen LogP contribution in [0.1, 0.15) is 43.0 Å². The van der Waals surface area contributed by atoms with Gasteiger partial charge in [0.1, 0.15) is 18.5 Å². The Labute approximate surface area is 160 Å². The van der Waals surface area contributed by atoms with Gasteiger partial charge < -0.3 is 13.9 Å². The molecule has 27 heavy (non-hydrogen) atoms. The predicted molar refractivity (Wildman–Crippen MR) is 102 cm³/mol. The summed E-state index contributed by atoms with van der Waals surface area (Å²) in [5.41, 5.74) is 1.68. The van der Waals surface area contributed by atoms with Crippen LogP contribution in [0.4, 0.5) is 0 Å². The number of ether oxygens (including phenoxy) is 2. The summed E-state index contributed by atoms with van der Waals surface area (Å²) in [6, 6.07) is 13.0. The molecule has 4 nitrogen and oxygen atoms in total. The van der Waals surface area contributed by atoms with Crippen LogP contribution in [0.2, 0.25) is 0 Å². The van der Waals surface area contributed by atoms with Gasteiger partial charge in [0.05, 0.1) is 18.4 Å². The maximum atomic E-state index is 12.5. The highest BCUT2D eigenvalue weighted by Crippen LogP contribution is 2.56. The molecule has 5 atom stereocenters. The van der Waals surface area contributed by atoms with Gasteiger partial charge in [-0.2, -0.15) is 0 Å². The van der Waals surface area contributed by atoms with Gasteiger partial charge in [-0.05, 0) is 43.0 Å². The van der Waals surface area contributed by atoms with Crippen molar-refractivity contribution in [2.45, 2.75) is 26.9 Å². The number of furan rings is 1. The molecule has 1 saturated heterocycles. The first-order valence-corrected chi connectivity index (χ1v) is 9.58. The molecule has 0 saturated carbocycles. The summed E-state index contributed by atoms with van der Waals surface area (Å²) in [5.74, 6) is 1.38. The Morgan fingerprint density at radius 3 is 2.67 bits per heavy atom. The molecule has 4 heteroatoms. The van der Waals surface area contributed by atoms with Gasteiger partial charge in [-0.15, -0.1) is 0 Å². The van der Waals surface area contributed by atoms with Crippen LogP contribution in [-0.4, -0.2) is 19.2 Å². The molecular weight excluding hydrogens is 340 g/mol. The van der Waals surface area contributed by atoms with Crippen molar-refractivity contribution in [3.8, 4) is 0 Å².